The summed E-state index contributed by atoms with van der Waals surface area (Å²) >= 11 is 0. The maximum atomic E-state index is 6.09. The van der Waals surface area contributed by atoms with Crippen molar-refractivity contribution in [2.75, 3.05) is 0 Å². The number of rotatable bonds is 2. The molecule has 15 heavy (non-hydrogen) atoms. The third kappa shape index (κ3) is 4.05. The second-order valence-electron chi connectivity index (χ2n) is 6.16. The molecule has 1 heteroatoms. The SMILES string of the molecule is CC(C)(C)Cc1cccc(C(C)(C)N)c1. The Morgan fingerprint density at radius 3 is 2.13 bits per heavy atom. The van der Waals surface area contributed by atoms with Gasteiger partial charge in [0.1, 0.15) is 0 Å². The van der Waals surface area contributed by atoms with Crippen molar-refractivity contribution >= 4 is 0 Å². The van der Waals surface area contributed by atoms with Gasteiger partial charge in [-0.1, -0.05) is 45.0 Å². The Morgan fingerprint density at radius 2 is 1.67 bits per heavy atom. The summed E-state index contributed by atoms with van der Waals surface area (Å²) in [6.45, 7) is 10.9. The third-order valence-corrected chi connectivity index (χ3v) is 2.41. The summed E-state index contributed by atoms with van der Waals surface area (Å²) in [6, 6.07) is 8.61. The Labute approximate surface area is 93.7 Å². The quantitative estimate of drug-likeness (QED) is 0.786. The predicted octanol–water partition coefficient (Wildman–Crippen LogP) is 3.47. The van der Waals surface area contributed by atoms with Gasteiger partial charge in [-0.25, -0.2) is 0 Å². The summed E-state index contributed by atoms with van der Waals surface area (Å²) < 4.78 is 0. The molecule has 0 heterocycles. The molecule has 0 spiro atoms. The Bertz CT molecular complexity index is 326. The smallest absolute Gasteiger partial charge is 0.0352 e. The molecule has 0 atom stereocenters. The Hall–Kier alpha value is -0.820. The molecule has 1 aromatic rings. The average Bonchev–Trinajstić information content (AvgIpc) is 1.99. The summed E-state index contributed by atoms with van der Waals surface area (Å²) in [5.41, 5.74) is 8.76. The van der Waals surface area contributed by atoms with Crippen LogP contribution in [0.4, 0.5) is 0 Å². The maximum Gasteiger partial charge on any atom is 0.0352 e. The predicted molar refractivity (Wildman–Crippen MR) is 66.8 cm³/mol. The van der Waals surface area contributed by atoms with Crippen molar-refractivity contribution in [3.05, 3.63) is 35.4 Å². The second-order valence-corrected chi connectivity index (χ2v) is 6.16. The molecule has 0 amide bonds. The van der Waals surface area contributed by atoms with Crippen LogP contribution in [0.2, 0.25) is 0 Å². The van der Waals surface area contributed by atoms with Gasteiger partial charge in [0.25, 0.3) is 0 Å². The lowest BCUT2D eigenvalue weighted by Gasteiger charge is -2.22. The lowest BCUT2D eigenvalue weighted by molar-refractivity contribution is 0.410. The summed E-state index contributed by atoms with van der Waals surface area (Å²) in [5.74, 6) is 0. The molecule has 0 aliphatic heterocycles. The molecule has 0 aliphatic rings. The first-order valence-corrected chi connectivity index (χ1v) is 5.57. The van der Waals surface area contributed by atoms with E-state index < -0.39 is 0 Å². The minimum atomic E-state index is -0.242. The van der Waals surface area contributed by atoms with E-state index in [1.54, 1.807) is 0 Å². The van der Waals surface area contributed by atoms with Crippen LogP contribution in [0.25, 0.3) is 0 Å². The van der Waals surface area contributed by atoms with Crippen LogP contribution < -0.4 is 5.73 Å². The van der Waals surface area contributed by atoms with Crippen LogP contribution in [0, 0.1) is 5.41 Å². The van der Waals surface area contributed by atoms with Gasteiger partial charge in [0.15, 0.2) is 0 Å². The normalized spacial score (nSPS) is 12.9. The molecule has 0 radical (unpaired) electrons. The first-order valence-electron chi connectivity index (χ1n) is 5.57. The first kappa shape index (κ1) is 12.3. The molecular formula is C14H23N. The van der Waals surface area contributed by atoms with Crippen molar-refractivity contribution in [1.29, 1.82) is 0 Å². The highest BCUT2D eigenvalue weighted by Gasteiger charge is 2.16. The van der Waals surface area contributed by atoms with E-state index in [0.29, 0.717) is 5.41 Å². The number of benzene rings is 1. The molecule has 0 aliphatic carbocycles. The van der Waals surface area contributed by atoms with Crippen molar-refractivity contribution in [1.82, 2.24) is 0 Å². The zero-order chi connectivity index (χ0) is 11.7. The molecule has 0 unspecified atom stereocenters. The highest BCUT2D eigenvalue weighted by atomic mass is 14.7. The molecule has 1 aromatic carbocycles. The van der Waals surface area contributed by atoms with E-state index in [0.717, 1.165) is 6.42 Å². The fraction of sp³-hybridized carbons (Fsp3) is 0.571. The largest absolute Gasteiger partial charge is 0.322 e. The van der Waals surface area contributed by atoms with Gasteiger partial charge < -0.3 is 5.73 Å². The molecule has 0 aromatic heterocycles. The highest BCUT2D eigenvalue weighted by molar-refractivity contribution is 5.28. The van der Waals surface area contributed by atoms with Gasteiger partial charge in [0, 0.05) is 5.54 Å². The minimum Gasteiger partial charge on any atom is -0.322 e. The summed E-state index contributed by atoms with van der Waals surface area (Å²) in [4.78, 5) is 0. The number of hydrogen-bond donors (Lipinski definition) is 1. The molecular weight excluding hydrogens is 182 g/mol. The van der Waals surface area contributed by atoms with Gasteiger partial charge in [0.2, 0.25) is 0 Å². The molecule has 0 saturated carbocycles. The molecule has 1 rings (SSSR count). The van der Waals surface area contributed by atoms with Gasteiger partial charge in [-0.05, 0) is 36.8 Å². The average molecular weight is 205 g/mol. The number of hydrogen-bond acceptors (Lipinski definition) is 1. The zero-order valence-corrected chi connectivity index (χ0v) is 10.6. The van der Waals surface area contributed by atoms with Gasteiger partial charge in [-0.3, -0.25) is 0 Å². The standard InChI is InChI=1S/C14H23N/c1-13(2,3)10-11-7-6-8-12(9-11)14(4,5)15/h6-9H,10,15H2,1-5H3. The molecule has 1 nitrogen and oxygen atoms in total. The summed E-state index contributed by atoms with van der Waals surface area (Å²) in [6.07, 6.45) is 1.09. The number of nitrogens with two attached hydrogens (primary N) is 1. The van der Waals surface area contributed by atoms with E-state index in [9.17, 15) is 0 Å². The minimum absolute atomic E-state index is 0.242. The molecule has 0 saturated heterocycles. The highest BCUT2D eigenvalue weighted by Crippen LogP contribution is 2.23. The summed E-state index contributed by atoms with van der Waals surface area (Å²) in [7, 11) is 0. The Morgan fingerprint density at radius 1 is 1.07 bits per heavy atom. The molecule has 0 bridgehead atoms. The van der Waals surface area contributed by atoms with E-state index in [2.05, 4.69) is 45.0 Å². The fourth-order valence-corrected chi connectivity index (χ4v) is 1.69. The van der Waals surface area contributed by atoms with Crippen LogP contribution in [0.5, 0.6) is 0 Å². The Balaban J connectivity index is 2.94. The van der Waals surface area contributed by atoms with Crippen molar-refractivity contribution in [2.45, 2.75) is 46.6 Å². The third-order valence-electron chi connectivity index (χ3n) is 2.41. The second kappa shape index (κ2) is 3.97. The van der Waals surface area contributed by atoms with Gasteiger partial charge in [-0.15, -0.1) is 0 Å². The van der Waals surface area contributed by atoms with E-state index in [4.69, 9.17) is 5.73 Å². The first-order chi connectivity index (χ1) is 6.68. The van der Waals surface area contributed by atoms with Crippen LogP contribution in [0.15, 0.2) is 24.3 Å². The van der Waals surface area contributed by atoms with Crippen molar-refractivity contribution < 1.29 is 0 Å². The van der Waals surface area contributed by atoms with Crippen LogP contribution in [-0.2, 0) is 12.0 Å². The van der Waals surface area contributed by atoms with Gasteiger partial charge in [0.05, 0.1) is 0 Å². The maximum absolute atomic E-state index is 6.09. The molecule has 0 fully saturated rings. The van der Waals surface area contributed by atoms with E-state index in [-0.39, 0.29) is 5.54 Å². The van der Waals surface area contributed by atoms with E-state index in [1.807, 2.05) is 13.8 Å². The monoisotopic (exact) mass is 205 g/mol. The van der Waals surface area contributed by atoms with Crippen molar-refractivity contribution in [2.24, 2.45) is 11.1 Å². The topological polar surface area (TPSA) is 26.0 Å². The Kier molecular flexibility index (Phi) is 3.25. The lowest BCUT2D eigenvalue weighted by atomic mass is 9.86. The van der Waals surface area contributed by atoms with Gasteiger partial charge >= 0.3 is 0 Å². The van der Waals surface area contributed by atoms with Crippen LogP contribution >= 0.6 is 0 Å². The molecule has 84 valence electrons. The summed E-state index contributed by atoms with van der Waals surface area (Å²) in [5, 5.41) is 0. The van der Waals surface area contributed by atoms with E-state index >= 15 is 0 Å². The van der Waals surface area contributed by atoms with Gasteiger partial charge in [-0.2, -0.15) is 0 Å². The molecule has 2 N–H and O–H groups in total. The van der Waals surface area contributed by atoms with Crippen LogP contribution in [0.1, 0.15) is 45.7 Å². The van der Waals surface area contributed by atoms with Crippen LogP contribution in [-0.4, -0.2) is 0 Å². The van der Waals surface area contributed by atoms with Crippen LogP contribution in [0.3, 0.4) is 0 Å². The fourth-order valence-electron chi connectivity index (χ4n) is 1.69. The van der Waals surface area contributed by atoms with Crippen molar-refractivity contribution in [3.8, 4) is 0 Å². The van der Waals surface area contributed by atoms with E-state index in [1.165, 1.54) is 11.1 Å². The van der Waals surface area contributed by atoms with Crippen molar-refractivity contribution in [3.63, 3.8) is 0 Å². The zero-order valence-electron chi connectivity index (χ0n) is 10.6. The lowest BCUT2D eigenvalue weighted by Crippen LogP contribution is -2.28.